The summed E-state index contributed by atoms with van der Waals surface area (Å²) in [6.07, 6.45) is -14.0. The van der Waals surface area contributed by atoms with Crippen LogP contribution in [-0.4, -0.2) is 142 Å². The van der Waals surface area contributed by atoms with E-state index < -0.39 is 74.6 Å². The average Bonchev–Trinajstić information content (AvgIpc) is 2.80. The van der Waals surface area contributed by atoms with Crippen LogP contribution in [0.1, 0.15) is 13.3 Å². The molecule has 11 atom stereocenters. The maximum atomic E-state index is 10.6. The predicted molar refractivity (Wildman–Crippen MR) is 111 cm³/mol. The summed E-state index contributed by atoms with van der Waals surface area (Å²) in [5.74, 6) is 1.63. The largest absolute Gasteiger partial charge is 0.394 e. The number of hydrogen-bond acceptors (Lipinski definition) is 13. The molecule has 5 unspecified atom stereocenters. The molecule has 2 heterocycles. The van der Waals surface area contributed by atoms with Crippen LogP contribution in [0.2, 0.25) is 0 Å². The second kappa shape index (κ2) is 13.7. The maximum absolute atomic E-state index is 10.6. The van der Waals surface area contributed by atoms with Gasteiger partial charge in [0.15, 0.2) is 12.6 Å². The number of methoxy groups -OCH3 is 1. The van der Waals surface area contributed by atoms with Crippen LogP contribution in [0.15, 0.2) is 0 Å². The zero-order valence-electron chi connectivity index (χ0n) is 18.2. The Kier molecular flexibility index (Phi) is 12.0. The molecule has 2 rings (SSSR count). The van der Waals surface area contributed by atoms with E-state index in [1.165, 1.54) is 7.11 Å². The van der Waals surface area contributed by atoms with Crippen LogP contribution in [0.5, 0.6) is 0 Å². The summed E-state index contributed by atoms with van der Waals surface area (Å²) >= 11 is 1.69. The Labute approximate surface area is 191 Å². The highest BCUT2D eigenvalue weighted by molar-refractivity contribution is 7.99. The van der Waals surface area contributed by atoms with E-state index in [0.717, 1.165) is 12.2 Å². The standard InChI is InChI=1S/C19H36O12S/c1-3-4-32-8-9(27-2)7-28-18-16(26)14(24)17(11(6-21)30-18)31-19-15(25)13(23)12(22)10(5-20)29-19/h9-26H,3-8H2,1-2H3/t9?,10?,11?,12-,13-,14-,15?,16?,17+,18+,19-/m0/s1. The van der Waals surface area contributed by atoms with Gasteiger partial charge in [0.1, 0.15) is 48.8 Å². The molecule has 12 nitrogen and oxygen atoms in total. The lowest BCUT2D eigenvalue weighted by molar-refractivity contribution is -0.360. The Hall–Kier alpha value is -0.130. The second-order valence-electron chi connectivity index (χ2n) is 7.77. The van der Waals surface area contributed by atoms with Crippen molar-refractivity contribution in [2.24, 2.45) is 0 Å². The van der Waals surface area contributed by atoms with Crippen LogP contribution in [-0.2, 0) is 23.7 Å². The molecule has 0 saturated carbocycles. The molecule has 13 heteroatoms. The van der Waals surface area contributed by atoms with Gasteiger partial charge >= 0.3 is 0 Å². The first-order valence-electron chi connectivity index (χ1n) is 10.6. The molecule has 190 valence electrons. The molecule has 0 amide bonds. The Morgan fingerprint density at radius 2 is 1.47 bits per heavy atom. The van der Waals surface area contributed by atoms with Gasteiger partial charge in [-0.2, -0.15) is 11.8 Å². The van der Waals surface area contributed by atoms with Gasteiger partial charge in [0.05, 0.1) is 25.9 Å². The van der Waals surface area contributed by atoms with E-state index in [-0.39, 0.29) is 12.7 Å². The maximum Gasteiger partial charge on any atom is 0.187 e. The number of aliphatic hydroxyl groups excluding tert-OH is 7. The van der Waals surface area contributed by atoms with Gasteiger partial charge in [0.2, 0.25) is 0 Å². The quantitative estimate of drug-likeness (QED) is 0.136. The third-order valence-electron chi connectivity index (χ3n) is 5.39. The first-order chi connectivity index (χ1) is 15.3. The average molecular weight is 489 g/mol. The summed E-state index contributed by atoms with van der Waals surface area (Å²) in [7, 11) is 1.54. The van der Waals surface area contributed by atoms with Gasteiger partial charge in [-0.25, -0.2) is 0 Å². The number of rotatable bonds is 12. The molecule has 2 fully saturated rings. The van der Waals surface area contributed by atoms with Crippen molar-refractivity contribution in [2.75, 3.05) is 38.4 Å². The third kappa shape index (κ3) is 6.95. The van der Waals surface area contributed by atoms with E-state index >= 15 is 0 Å². The lowest BCUT2D eigenvalue weighted by Gasteiger charge is -2.46. The molecule has 2 aliphatic heterocycles. The topological polar surface area (TPSA) is 188 Å². The molecule has 0 spiro atoms. The molecule has 0 aromatic carbocycles. The first kappa shape index (κ1) is 28.1. The summed E-state index contributed by atoms with van der Waals surface area (Å²) < 4.78 is 27.3. The summed E-state index contributed by atoms with van der Waals surface area (Å²) in [6, 6.07) is 0. The second-order valence-corrected chi connectivity index (χ2v) is 8.92. The molecule has 0 aromatic heterocycles. The fourth-order valence-electron chi connectivity index (χ4n) is 3.44. The zero-order chi connectivity index (χ0) is 23.8. The minimum absolute atomic E-state index is 0.0814. The van der Waals surface area contributed by atoms with E-state index in [1.54, 1.807) is 11.8 Å². The zero-order valence-corrected chi connectivity index (χ0v) is 19.0. The Bertz CT molecular complexity index is 527. The van der Waals surface area contributed by atoms with E-state index in [4.69, 9.17) is 23.7 Å². The molecular weight excluding hydrogens is 452 g/mol. The number of thioether (sulfide) groups is 1. The smallest absolute Gasteiger partial charge is 0.187 e. The molecule has 0 aromatic rings. The molecule has 7 N–H and O–H groups in total. The summed E-state index contributed by atoms with van der Waals surface area (Å²) in [4.78, 5) is 0. The van der Waals surface area contributed by atoms with Crippen molar-refractivity contribution in [3.8, 4) is 0 Å². The minimum Gasteiger partial charge on any atom is -0.394 e. The normalized spacial score (nSPS) is 41.5. The number of hydrogen-bond donors (Lipinski definition) is 7. The van der Waals surface area contributed by atoms with E-state index in [0.29, 0.717) is 5.75 Å². The van der Waals surface area contributed by atoms with Crippen LogP contribution in [0.3, 0.4) is 0 Å². The summed E-state index contributed by atoms with van der Waals surface area (Å²) in [5, 5.41) is 70.0. The van der Waals surface area contributed by atoms with E-state index in [9.17, 15) is 35.7 Å². The van der Waals surface area contributed by atoms with Crippen LogP contribution in [0.4, 0.5) is 0 Å². The van der Waals surface area contributed by atoms with Gasteiger partial charge in [0.25, 0.3) is 0 Å². The lowest BCUT2D eigenvalue weighted by atomic mass is 9.97. The Balaban J connectivity index is 1.99. The Morgan fingerprint density at radius 3 is 2.06 bits per heavy atom. The highest BCUT2D eigenvalue weighted by Crippen LogP contribution is 2.29. The molecule has 0 radical (unpaired) electrons. The molecule has 2 saturated heterocycles. The van der Waals surface area contributed by atoms with Crippen molar-refractivity contribution in [3.05, 3.63) is 0 Å². The minimum atomic E-state index is -1.71. The molecule has 0 aliphatic carbocycles. The van der Waals surface area contributed by atoms with E-state index in [2.05, 4.69) is 6.92 Å². The predicted octanol–water partition coefficient (Wildman–Crippen LogP) is -3.21. The highest BCUT2D eigenvalue weighted by Gasteiger charge is 2.50. The van der Waals surface area contributed by atoms with Gasteiger partial charge in [-0.15, -0.1) is 0 Å². The van der Waals surface area contributed by atoms with E-state index in [1.807, 2.05) is 0 Å². The van der Waals surface area contributed by atoms with Crippen molar-refractivity contribution in [2.45, 2.75) is 80.9 Å². The number of ether oxygens (including phenoxy) is 5. The van der Waals surface area contributed by atoms with Crippen LogP contribution in [0, 0.1) is 0 Å². The first-order valence-corrected chi connectivity index (χ1v) is 11.7. The van der Waals surface area contributed by atoms with Crippen LogP contribution >= 0.6 is 11.8 Å². The van der Waals surface area contributed by atoms with Gasteiger partial charge < -0.3 is 59.4 Å². The van der Waals surface area contributed by atoms with Crippen molar-refractivity contribution in [3.63, 3.8) is 0 Å². The van der Waals surface area contributed by atoms with Gasteiger partial charge in [-0.3, -0.25) is 0 Å². The molecule has 2 aliphatic rings. The van der Waals surface area contributed by atoms with Crippen molar-refractivity contribution in [1.29, 1.82) is 0 Å². The SMILES string of the molecule is CCCSCC(CO[C@@H]1OC(CO)[C@@H](O[C@@H]2OC(CO)[C@H](O)[C@H](O)C2O)[C@@H](O)C1O)OC. The van der Waals surface area contributed by atoms with Crippen molar-refractivity contribution in [1.82, 2.24) is 0 Å². The highest BCUT2D eigenvalue weighted by atomic mass is 32.2. The van der Waals surface area contributed by atoms with Crippen LogP contribution in [0.25, 0.3) is 0 Å². The van der Waals surface area contributed by atoms with Gasteiger partial charge in [-0.1, -0.05) is 6.92 Å². The van der Waals surface area contributed by atoms with Crippen molar-refractivity contribution >= 4 is 11.8 Å². The van der Waals surface area contributed by atoms with Crippen LogP contribution < -0.4 is 0 Å². The third-order valence-corrected chi connectivity index (χ3v) is 6.70. The fourth-order valence-corrected chi connectivity index (χ4v) is 4.39. The van der Waals surface area contributed by atoms with Crippen molar-refractivity contribution < 1.29 is 59.4 Å². The molecular formula is C19H36O12S. The number of aliphatic hydroxyl groups is 7. The Morgan fingerprint density at radius 1 is 0.844 bits per heavy atom. The van der Waals surface area contributed by atoms with Gasteiger partial charge in [-0.05, 0) is 12.2 Å². The summed E-state index contributed by atoms with van der Waals surface area (Å²) in [6.45, 7) is 0.869. The summed E-state index contributed by atoms with van der Waals surface area (Å²) in [5.41, 5.74) is 0. The molecule has 0 bridgehead atoms. The molecule has 32 heavy (non-hydrogen) atoms. The lowest BCUT2D eigenvalue weighted by Crippen LogP contribution is -2.64. The van der Waals surface area contributed by atoms with Gasteiger partial charge in [0, 0.05) is 12.9 Å². The monoisotopic (exact) mass is 488 g/mol. The fraction of sp³-hybridized carbons (Fsp3) is 1.00.